The van der Waals surface area contributed by atoms with E-state index in [2.05, 4.69) is 17.4 Å². The number of oxime groups is 1. The van der Waals surface area contributed by atoms with Gasteiger partial charge >= 0.3 is 5.97 Å². The highest BCUT2D eigenvalue weighted by atomic mass is 32.2. The number of carboxylic acids is 1. The first-order valence-corrected chi connectivity index (χ1v) is 14.2. The van der Waals surface area contributed by atoms with Crippen LogP contribution in [0.1, 0.15) is 37.3 Å². The number of carboxylic acid groups (broad SMARTS) is 1. The van der Waals surface area contributed by atoms with E-state index in [-0.39, 0.29) is 18.1 Å². The number of methoxy groups -OCH3 is 2. The van der Waals surface area contributed by atoms with E-state index in [1.165, 1.54) is 7.11 Å². The minimum Gasteiger partial charge on any atom is -0.496 e. The number of carbonyl (C=O) groups is 2. The first-order chi connectivity index (χ1) is 18.9. The van der Waals surface area contributed by atoms with Crippen molar-refractivity contribution < 1.29 is 33.7 Å². The molecule has 0 aromatic heterocycles. The molecule has 0 radical (unpaired) electrons. The maximum atomic E-state index is 13.0. The Labute approximate surface area is 234 Å². The molecule has 1 amide bonds. The van der Waals surface area contributed by atoms with Crippen LogP contribution < -0.4 is 14.8 Å². The number of hydrogen-bond donors (Lipinski definition) is 2. The first-order valence-electron chi connectivity index (χ1n) is 13.1. The summed E-state index contributed by atoms with van der Waals surface area (Å²) in [7, 11) is 4.60. The van der Waals surface area contributed by atoms with Crippen LogP contribution in [0.2, 0.25) is 0 Å². The molecule has 2 aromatic carbocycles. The Balaban J connectivity index is 1.77. The van der Waals surface area contributed by atoms with Crippen LogP contribution in [0.3, 0.4) is 0 Å². The van der Waals surface area contributed by atoms with Gasteiger partial charge in [0.25, 0.3) is 5.91 Å². The lowest BCUT2D eigenvalue weighted by Gasteiger charge is -2.23. The van der Waals surface area contributed by atoms with Gasteiger partial charge in [0.15, 0.2) is 0 Å². The highest BCUT2D eigenvalue weighted by Crippen LogP contribution is 2.40. The Kier molecular flexibility index (Phi) is 11.9. The molecule has 39 heavy (non-hydrogen) atoms. The Bertz CT molecular complexity index is 1110. The second-order valence-corrected chi connectivity index (χ2v) is 10.5. The van der Waals surface area contributed by atoms with Crippen molar-refractivity contribution in [2.75, 3.05) is 39.4 Å². The summed E-state index contributed by atoms with van der Waals surface area (Å²) >= 11 is 1.83. The summed E-state index contributed by atoms with van der Waals surface area (Å²) in [5.74, 6) is 1.50. The number of thioether (sulfide) groups is 1. The number of benzene rings is 2. The summed E-state index contributed by atoms with van der Waals surface area (Å²) in [5, 5.41) is 16.4. The molecule has 1 saturated heterocycles. The summed E-state index contributed by atoms with van der Waals surface area (Å²) < 4.78 is 17.0. The number of ether oxygens (including phenoxy) is 3. The van der Waals surface area contributed by atoms with E-state index in [1.807, 2.05) is 48.2 Å². The zero-order chi connectivity index (χ0) is 28.2. The smallest absolute Gasteiger partial charge is 0.326 e. The maximum absolute atomic E-state index is 13.0. The van der Waals surface area contributed by atoms with Gasteiger partial charge in [0.05, 0.1) is 26.4 Å². The predicted octanol–water partition coefficient (Wildman–Crippen LogP) is 4.55. The van der Waals surface area contributed by atoms with Crippen LogP contribution in [0.4, 0.5) is 0 Å². The molecule has 0 unspecified atom stereocenters. The molecular formula is C29H38N2O7S. The lowest BCUT2D eigenvalue weighted by atomic mass is 9.95. The van der Waals surface area contributed by atoms with Crippen molar-refractivity contribution in [3.05, 3.63) is 47.5 Å². The van der Waals surface area contributed by atoms with Crippen molar-refractivity contribution in [2.45, 2.75) is 45.3 Å². The van der Waals surface area contributed by atoms with Crippen molar-refractivity contribution in [1.29, 1.82) is 0 Å². The van der Waals surface area contributed by atoms with Crippen LogP contribution in [-0.2, 0) is 32.2 Å². The molecular weight excluding hydrogens is 520 g/mol. The van der Waals surface area contributed by atoms with E-state index in [1.54, 1.807) is 14.2 Å². The van der Waals surface area contributed by atoms with Crippen LogP contribution in [0.25, 0.3) is 11.1 Å². The molecule has 1 heterocycles. The minimum atomic E-state index is -1.12. The van der Waals surface area contributed by atoms with Gasteiger partial charge in [0, 0.05) is 18.9 Å². The largest absolute Gasteiger partial charge is 0.496 e. The highest BCUT2D eigenvalue weighted by molar-refractivity contribution is 7.99. The molecule has 1 aliphatic rings. The Morgan fingerprint density at radius 3 is 2.23 bits per heavy atom. The Morgan fingerprint density at radius 1 is 1.05 bits per heavy atom. The van der Waals surface area contributed by atoms with Crippen LogP contribution in [0.5, 0.6) is 11.5 Å². The third-order valence-electron chi connectivity index (χ3n) is 6.50. The summed E-state index contributed by atoms with van der Waals surface area (Å²) in [4.78, 5) is 30.0. The molecule has 0 spiro atoms. The molecule has 2 aromatic rings. The van der Waals surface area contributed by atoms with Gasteiger partial charge in [0.1, 0.15) is 30.4 Å². The number of rotatable bonds is 14. The fraction of sp³-hybridized carbons (Fsp3) is 0.483. The third-order valence-corrected chi connectivity index (χ3v) is 7.55. The van der Waals surface area contributed by atoms with E-state index in [9.17, 15) is 14.7 Å². The highest BCUT2D eigenvalue weighted by Gasteiger charge is 2.29. The number of aliphatic carboxylic acids is 1. The summed E-state index contributed by atoms with van der Waals surface area (Å²) in [6, 6.07) is 10.2. The molecule has 10 heteroatoms. The lowest BCUT2D eigenvalue weighted by molar-refractivity contribution is -0.141. The van der Waals surface area contributed by atoms with E-state index < -0.39 is 17.9 Å². The molecule has 9 nitrogen and oxygen atoms in total. The van der Waals surface area contributed by atoms with E-state index in [4.69, 9.17) is 19.0 Å². The van der Waals surface area contributed by atoms with Gasteiger partial charge in [0.2, 0.25) is 0 Å². The van der Waals surface area contributed by atoms with Crippen molar-refractivity contribution in [3.63, 3.8) is 0 Å². The fourth-order valence-corrected chi connectivity index (χ4v) is 5.62. The second kappa shape index (κ2) is 15.4. The molecule has 0 aliphatic carbocycles. The number of nitrogens with one attached hydrogen (secondary N) is 1. The molecule has 2 N–H and O–H groups in total. The molecule has 1 atom stereocenters. The molecule has 1 fully saturated rings. The zero-order valence-corrected chi connectivity index (χ0v) is 23.8. The average molecular weight is 559 g/mol. The number of amides is 1. The topological polar surface area (TPSA) is 116 Å². The standard InChI is InChI=1S/C29H38N2O7S/c1-5-12-38-18-20-16-24(35-2)26(25(17-20)36-3)21-8-6-19(7-9-21)15-23(29(33)34)30-28(32)27(31-37-4)22-10-13-39-14-11-22/h6-9,16-17,22-23H,5,10-15,18H2,1-4H3,(H,30,32)(H,33,34)/t23-/m0/s1. The van der Waals surface area contributed by atoms with Crippen LogP contribution >= 0.6 is 11.8 Å². The summed E-state index contributed by atoms with van der Waals surface area (Å²) in [6.07, 6.45) is 2.66. The monoisotopic (exact) mass is 558 g/mol. The average Bonchev–Trinajstić information content (AvgIpc) is 2.96. The Hall–Kier alpha value is -3.24. The third kappa shape index (κ3) is 8.37. The van der Waals surface area contributed by atoms with Gasteiger partial charge in [-0.05, 0) is 59.6 Å². The second-order valence-electron chi connectivity index (χ2n) is 9.24. The van der Waals surface area contributed by atoms with E-state index in [0.29, 0.717) is 24.7 Å². The zero-order valence-electron chi connectivity index (χ0n) is 23.0. The van der Waals surface area contributed by atoms with Crippen molar-refractivity contribution in [1.82, 2.24) is 5.32 Å². The van der Waals surface area contributed by atoms with Gasteiger partial charge in [-0.25, -0.2) is 4.79 Å². The van der Waals surface area contributed by atoms with Crippen LogP contribution in [-0.4, -0.2) is 68.2 Å². The van der Waals surface area contributed by atoms with Crippen LogP contribution in [0.15, 0.2) is 41.6 Å². The number of carbonyl (C=O) groups excluding carboxylic acids is 1. The Morgan fingerprint density at radius 2 is 1.69 bits per heavy atom. The quantitative estimate of drug-likeness (QED) is 0.197. The predicted molar refractivity (Wildman–Crippen MR) is 153 cm³/mol. The molecule has 0 bridgehead atoms. The summed E-state index contributed by atoms with van der Waals surface area (Å²) in [5.41, 5.74) is 3.60. The summed E-state index contributed by atoms with van der Waals surface area (Å²) in [6.45, 7) is 3.19. The molecule has 212 valence electrons. The van der Waals surface area contributed by atoms with Crippen molar-refractivity contribution in [2.24, 2.45) is 11.1 Å². The first kappa shape index (κ1) is 30.3. The number of nitrogens with zero attached hydrogens (tertiary/aromatic N) is 1. The van der Waals surface area contributed by atoms with Gasteiger partial charge < -0.3 is 29.5 Å². The van der Waals surface area contributed by atoms with Gasteiger partial charge in [-0.15, -0.1) is 0 Å². The minimum absolute atomic E-state index is 0.0468. The molecule has 3 rings (SSSR count). The maximum Gasteiger partial charge on any atom is 0.326 e. The molecule has 0 saturated carbocycles. The number of hydrogen-bond acceptors (Lipinski definition) is 8. The SMILES string of the molecule is CCCOCc1cc(OC)c(-c2ccc(C[C@H](NC(=O)C(=NOC)C3CCSCC3)C(=O)O)cc2)c(OC)c1. The van der Waals surface area contributed by atoms with Gasteiger partial charge in [-0.1, -0.05) is 36.3 Å². The van der Waals surface area contributed by atoms with Crippen molar-refractivity contribution >= 4 is 29.4 Å². The normalized spacial score (nSPS) is 14.9. The van der Waals surface area contributed by atoms with Gasteiger partial charge in [-0.2, -0.15) is 11.8 Å². The fourth-order valence-electron chi connectivity index (χ4n) is 4.51. The molecule has 1 aliphatic heterocycles. The van der Waals surface area contributed by atoms with Crippen molar-refractivity contribution in [3.8, 4) is 22.6 Å². The van der Waals surface area contributed by atoms with E-state index >= 15 is 0 Å². The lowest BCUT2D eigenvalue weighted by Crippen LogP contribution is -2.47. The van der Waals surface area contributed by atoms with Crippen LogP contribution in [0, 0.1) is 5.92 Å². The van der Waals surface area contributed by atoms with Gasteiger partial charge in [-0.3, -0.25) is 4.79 Å². The van der Waals surface area contributed by atoms with E-state index in [0.717, 1.165) is 53.0 Å².